The zero-order valence-corrected chi connectivity index (χ0v) is 13.2. The number of halogens is 1. The van der Waals surface area contributed by atoms with E-state index in [2.05, 4.69) is 38.3 Å². The fraction of sp³-hybridized carbons (Fsp3) is 0.600. The van der Waals surface area contributed by atoms with E-state index in [4.69, 9.17) is 9.47 Å². The summed E-state index contributed by atoms with van der Waals surface area (Å²) in [6.45, 7) is 6.74. The molecule has 1 N–H and O–H groups in total. The third-order valence-corrected chi connectivity index (χ3v) is 4.43. The maximum Gasteiger partial charge on any atom is 0.124 e. The number of ether oxygens (including phenoxy) is 2. The van der Waals surface area contributed by atoms with E-state index in [9.17, 15) is 0 Å². The number of hydrogen-bond acceptors (Lipinski definition) is 4. The Hall–Kier alpha value is -0.620. The number of rotatable bonds is 4. The van der Waals surface area contributed by atoms with Gasteiger partial charge in [0.25, 0.3) is 0 Å². The van der Waals surface area contributed by atoms with Crippen LogP contribution < -0.4 is 10.1 Å². The molecule has 3 rings (SSSR count). The Bertz CT molecular complexity index is 449. The van der Waals surface area contributed by atoms with Crippen LogP contribution in [0.15, 0.2) is 22.7 Å². The van der Waals surface area contributed by atoms with Crippen LogP contribution in [-0.4, -0.2) is 50.9 Å². The number of benzene rings is 1. The van der Waals surface area contributed by atoms with Gasteiger partial charge in [-0.2, -0.15) is 0 Å². The lowest BCUT2D eigenvalue weighted by atomic mass is 10.0. The Kier molecular flexibility index (Phi) is 4.94. The molecule has 0 radical (unpaired) electrons. The Morgan fingerprint density at radius 1 is 1.25 bits per heavy atom. The maximum atomic E-state index is 5.72. The minimum atomic E-state index is 0.400. The van der Waals surface area contributed by atoms with Crippen molar-refractivity contribution in [1.29, 1.82) is 0 Å². The minimum Gasteiger partial charge on any atom is -0.493 e. The summed E-state index contributed by atoms with van der Waals surface area (Å²) in [5, 5.41) is 3.67. The third-order valence-electron chi connectivity index (χ3n) is 3.93. The first-order chi connectivity index (χ1) is 9.83. The summed E-state index contributed by atoms with van der Waals surface area (Å²) in [4.78, 5) is 2.46. The van der Waals surface area contributed by atoms with Crippen molar-refractivity contribution in [2.75, 3.05) is 46.0 Å². The van der Waals surface area contributed by atoms with Crippen LogP contribution in [0, 0.1) is 0 Å². The van der Waals surface area contributed by atoms with Gasteiger partial charge in [-0.3, -0.25) is 4.90 Å². The lowest BCUT2D eigenvalue weighted by Gasteiger charge is -2.30. The molecule has 1 saturated heterocycles. The average Bonchev–Trinajstić information content (AvgIpc) is 2.49. The second-order valence-electron chi connectivity index (χ2n) is 5.28. The molecule has 2 heterocycles. The molecule has 4 nitrogen and oxygen atoms in total. The highest BCUT2D eigenvalue weighted by Crippen LogP contribution is 2.33. The van der Waals surface area contributed by atoms with Gasteiger partial charge in [-0.05, 0) is 18.2 Å². The lowest BCUT2D eigenvalue weighted by Crippen LogP contribution is -2.41. The SMILES string of the molecule is Brc1ccc2c(c1)C(NCCN1CCOCC1)CCO2. The molecular weight excluding hydrogens is 320 g/mol. The molecule has 110 valence electrons. The van der Waals surface area contributed by atoms with Gasteiger partial charge >= 0.3 is 0 Å². The van der Waals surface area contributed by atoms with Crippen molar-refractivity contribution < 1.29 is 9.47 Å². The lowest BCUT2D eigenvalue weighted by molar-refractivity contribution is 0.0379. The summed E-state index contributed by atoms with van der Waals surface area (Å²) >= 11 is 3.54. The number of nitrogens with zero attached hydrogens (tertiary/aromatic N) is 1. The van der Waals surface area contributed by atoms with E-state index in [0.29, 0.717) is 6.04 Å². The number of morpholine rings is 1. The van der Waals surface area contributed by atoms with E-state index in [1.807, 2.05) is 6.07 Å². The van der Waals surface area contributed by atoms with Gasteiger partial charge in [0.1, 0.15) is 5.75 Å². The van der Waals surface area contributed by atoms with Gasteiger partial charge in [0.05, 0.1) is 19.8 Å². The van der Waals surface area contributed by atoms with E-state index in [1.54, 1.807) is 0 Å². The van der Waals surface area contributed by atoms with Crippen LogP contribution in [0.2, 0.25) is 0 Å². The molecule has 1 fully saturated rings. The van der Waals surface area contributed by atoms with Crippen LogP contribution in [0.1, 0.15) is 18.0 Å². The Balaban J connectivity index is 1.54. The zero-order valence-electron chi connectivity index (χ0n) is 11.6. The zero-order chi connectivity index (χ0) is 13.8. The van der Waals surface area contributed by atoms with Crippen molar-refractivity contribution in [3.8, 4) is 5.75 Å². The molecule has 5 heteroatoms. The van der Waals surface area contributed by atoms with Crippen LogP contribution in [0.5, 0.6) is 5.75 Å². The molecule has 1 aromatic rings. The fourth-order valence-electron chi connectivity index (χ4n) is 2.80. The van der Waals surface area contributed by atoms with Gasteiger partial charge in [0.15, 0.2) is 0 Å². The largest absolute Gasteiger partial charge is 0.493 e. The van der Waals surface area contributed by atoms with Crippen LogP contribution in [0.4, 0.5) is 0 Å². The van der Waals surface area contributed by atoms with E-state index >= 15 is 0 Å². The molecule has 20 heavy (non-hydrogen) atoms. The van der Waals surface area contributed by atoms with Gasteiger partial charge in [-0.25, -0.2) is 0 Å². The normalized spacial score (nSPS) is 23.1. The molecule has 0 aromatic heterocycles. The van der Waals surface area contributed by atoms with Crippen molar-refractivity contribution in [3.63, 3.8) is 0 Å². The number of hydrogen-bond donors (Lipinski definition) is 1. The van der Waals surface area contributed by atoms with E-state index in [0.717, 1.165) is 62.6 Å². The summed E-state index contributed by atoms with van der Waals surface area (Å²) in [6.07, 6.45) is 1.03. The quantitative estimate of drug-likeness (QED) is 0.910. The minimum absolute atomic E-state index is 0.400. The highest BCUT2D eigenvalue weighted by Gasteiger charge is 2.21. The Morgan fingerprint density at radius 3 is 2.95 bits per heavy atom. The van der Waals surface area contributed by atoms with E-state index < -0.39 is 0 Å². The molecule has 0 spiro atoms. The second kappa shape index (κ2) is 6.89. The highest BCUT2D eigenvalue weighted by atomic mass is 79.9. The third kappa shape index (κ3) is 3.52. The van der Waals surface area contributed by atoms with Crippen LogP contribution in [-0.2, 0) is 4.74 Å². The molecular formula is C15H21BrN2O2. The summed E-state index contributed by atoms with van der Waals surface area (Å²) in [6, 6.07) is 6.66. The molecule has 2 aliphatic rings. The summed E-state index contributed by atoms with van der Waals surface area (Å²) in [5.74, 6) is 1.02. The smallest absolute Gasteiger partial charge is 0.124 e. The number of fused-ring (bicyclic) bond motifs is 1. The van der Waals surface area contributed by atoms with Gasteiger partial charge in [-0.1, -0.05) is 15.9 Å². The molecule has 1 aromatic carbocycles. The van der Waals surface area contributed by atoms with E-state index in [1.165, 1.54) is 5.56 Å². The monoisotopic (exact) mass is 340 g/mol. The highest BCUT2D eigenvalue weighted by molar-refractivity contribution is 9.10. The molecule has 0 saturated carbocycles. The van der Waals surface area contributed by atoms with Gasteiger partial charge in [0.2, 0.25) is 0 Å². The van der Waals surface area contributed by atoms with Crippen LogP contribution >= 0.6 is 15.9 Å². The van der Waals surface area contributed by atoms with Gasteiger partial charge in [0, 0.05) is 48.7 Å². The Morgan fingerprint density at radius 2 is 2.10 bits per heavy atom. The number of nitrogens with one attached hydrogen (secondary N) is 1. The summed E-state index contributed by atoms with van der Waals surface area (Å²) < 4.78 is 12.2. The topological polar surface area (TPSA) is 33.7 Å². The molecule has 1 unspecified atom stereocenters. The van der Waals surface area contributed by atoms with Crippen molar-refractivity contribution in [2.45, 2.75) is 12.5 Å². The van der Waals surface area contributed by atoms with Crippen molar-refractivity contribution in [1.82, 2.24) is 10.2 Å². The fourth-order valence-corrected chi connectivity index (χ4v) is 3.18. The standard InChI is InChI=1S/C15H21BrN2O2/c16-12-1-2-15-13(11-12)14(3-8-20-15)17-4-5-18-6-9-19-10-7-18/h1-2,11,14,17H,3-10H2. The predicted octanol–water partition coefficient (Wildman–Crippen LogP) is 2.19. The first-order valence-electron chi connectivity index (χ1n) is 7.29. The van der Waals surface area contributed by atoms with Crippen molar-refractivity contribution in [2.24, 2.45) is 0 Å². The van der Waals surface area contributed by atoms with E-state index in [-0.39, 0.29) is 0 Å². The first-order valence-corrected chi connectivity index (χ1v) is 8.08. The molecule has 1 atom stereocenters. The second-order valence-corrected chi connectivity index (χ2v) is 6.20. The van der Waals surface area contributed by atoms with Crippen molar-refractivity contribution >= 4 is 15.9 Å². The molecule has 0 bridgehead atoms. The average molecular weight is 341 g/mol. The predicted molar refractivity (Wildman–Crippen MR) is 82.3 cm³/mol. The molecule has 2 aliphatic heterocycles. The summed E-state index contributed by atoms with van der Waals surface area (Å²) in [5.41, 5.74) is 1.27. The van der Waals surface area contributed by atoms with Crippen LogP contribution in [0.25, 0.3) is 0 Å². The maximum absolute atomic E-state index is 5.72. The van der Waals surface area contributed by atoms with Gasteiger partial charge < -0.3 is 14.8 Å². The Labute approximate surface area is 128 Å². The molecule has 0 amide bonds. The van der Waals surface area contributed by atoms with Crippen molar-refractivity contribution in [3.05, 3.63) is 28.2 Å². The van der Waals surface area contributed by atoms with Gasteiger partial charge in [-0.15, -0.1) is 0 Å². The molecule has 0 aliphatic carbocycles. The summed E-state index contributed by atoms with van der Waals surface area (Å²) in [7, 11) is 0. The first kappa shape index (κ1) is 14.3. The van der Waals surface area contributed by atoms with Crippen LogP contribution in [0.3, 0.4) is 0 Å².